The van der Waals surface area contributed by atoms with Crippen LogP contribution in [0.4, 0.5) is 0 Å². The third-order valence-corrected chi connectivity index (χ3v) is 3.63. The molecular formula is C15H22N2O2. The molecule has 1 unspecified atom stereocenters. The van der Waals surface area contributed by atoms with E-state index in [0.29, 0.717) is 0 Å². The molecule has 1 amide bonds. The lowest BCUT2D eigenvalue weighted by Crippen LogP contribution is -2.41. The first-order chi connectivity index (χ1) is 9.22. The predicted octanol–water partition coefficient (Wildman–Crippen LogP) is 1.87. The number of methoxy groups -OCH3 is 1. The average Bonchev–Trinajstić information content (AvgIpc) is 2.48. The fraction of sp³-hybridized carbons (Fsp3) is 0.533. The number of nitrogens with one attached hydrogen (secondary N) is 2. The molecule has 1 aromatic rings. The Morgan fingerprint density at radius 3 is 2.95 bits per heavy atom. The van der Waals surface area contributed by atoms with Crippen molar-refractivity contribution in [3.8, 4) is 5.75 Å². The van der Waals surface area contributed by atoms with Gasteiger partial charge in [-0.2, -0.15) is 0 Å². The van der Waals surface area contributed by atoms with Gasteiger partial charge in [-0.05, 0) is 32.4 Å². The lowest BCUT2D eigenvalue weighted by atomic mass is 9.98. The van der Waals surface area contributed by atoms with Crippen LogP contribution in [0, 0.1) is 5.92 Å². The van der Waals surface area contributed by atoms with Crippen molar-refractivity contribution in [1.82, 2.24) is 10.6 Å². The van der Waals surface area contributed by atoms with Gasteiger partial charge in [0, 0.05) is 12.1 Å². The molecule has 4 nitrogen and oxygen atoms in total. The second-order valence-corrected chi connectivity index (χ2v) is 5.02. The number of hydrogen-bond donors (Lipinski definition) is 2. The quantitative estimate of drug-likeness (QED) is 0.871. The van der Waals surface area contributed by atoms with Crippen molar-refractivity contribution < 1.29 is 9.53 Å². The molecule has 2 rings (SSSR count). The molecule has 2 N–H and O–H groups in total. The third-order valence-electron chi connectivity index (χ3n) is 3.63. The molecule has 1 heterocycles. The van der Waals surface area contributed by atoms with E-state index in [0.717, 1.165) is 37.2 Å². The first kappa shape index (κ1) is 13.9. The second kappa shape index (κ2) is 6.57. The van der Waals surface area contributed by atoms with E-state index in [1.54, 1.807) is 7.11 Å². The monoisotopic (exact) mass is 262 g/mol. The highest BCUT2D eigenvalue weighted by Gasteiger charge is 2.23. The zero-order chi connectivity index (χ0) is 13.7. The smallest absolute Gasteiger partial charge is 0.224 e. The molecule has 0 saturated carbocycles. The molecular weight excluding hydrogens is 240 g/mol. The molecule has 0 aliphatic carbocycles. The van der Waals surface area contributed by atoms with Crippen LogP contribution in [0.1, 0.15) is 31.4 Å². The number of piperidine rings is 1. The van der Waals surface area contributed by atoms with Crippen LogP contribution in [-0.2, 0) is 4.79 Å². The van der Waals surface area contributed by atoms with E-state index in [9.17, 15) is 4.79 Å². The summed E-state index contributed by atoms with van der Waals surface area (Å²) in [5.41, 5.74) is 1.02. The van der Waals surface area contributed by atoms with E-state index in [-0.39, 0.29) is 17.9 Å². The SMILES string of the molecule is COc1ccccc1[C@@H](C)NC(=O)C1CCCNC1. The van der Waals surface area contributed by atoms with E-state index in [1.165, 1.54) is 0 Å². The Bertz CT molecular complexity index is 428. The molecule has 4 heteroatoms. The van der Waals surface area contributed by atoms with Gasteiger partial charge in [-0.15, -0.1) is 0 Å². The zero-order valence-corrected chi connectivity index (χ0v) is 11.6. The van der Waals surface area contributed by atoms with Gasteiger partial charge in [0.15, 0.2) is 0 Å². The highest BCUT2D eigenvalue weighted by Crippen LogP contribution is 2.24. The van der Waals surface area contributed by atoms with Crippen LogP contribution in [0.15, 0.2) is 24.3 Å². The summed E-state index contributed by atoms with van der Waals surface area (Å²) in [6.45, 7) is 3.79. The van der Waals surface area contributed by atoms with Crippen LogP contribution in [-0.4, -0.2) is 26.1 Å². The number of hydrogen-bond acceptors (Lipinski definition) is 3. The van der Waals surface area contributed by atoms with Crippen molar-refractivity contribution in [3.05, 3.63) is 29.8 Å². The van der Waals surface area contributed by atoms with Crippen LogP contribution < -0.4 is 15.4 Å². The maximum Gasteiger partial charge on any atom is 0.224 e. The Balaban J connectivity index is 1.99. The van der Waals surface area contributed by atoms with E-state index in [1.807, 2.05) is 31.2 Å². The van der Waals surface area contributed by atoms with Crippen molar-refractivity contribution in [3.63, 3.8) is 0 Å². The summed E-state index contributed by atoms with van der Waals surface area (Å²) in [6, 6.07) is 7.76. The third kappa shape index (κ3) is 3.47. The summed E-state index contributed by atoms with van der Waals surface area (Å²) < 4.78 is 5.33. The van der Waals surface area contributed by atoms with Crippen LogP contribution in [0.3, 0.4) is 0 Å². The Morgan fingerprint density at radius 1 is 1.47 bits per heavy atom. The summed E-state index contributed by atoms with van der Waals surface area (Å²) in [5.74, 6) is 1.04. The van der Waals surface area contributed by atoms with Crippen molar-refractivity contribution in [1.29, 1.82) is 0 Å². The molecule has 0 aromatic heterocycles. The van der Waals surface area contributed by atoms with Gasteiger partial charge in [-0.1, -0.05) is 18.2 Å². The Morgan fingerprint density at radius 2 is 2.26 bits per heavy atom. The van der Waals surface area contributed by atoms with Crippen LogP contribution in [0.25, 0.3) is 0 Å². The average molecular weight is 262 g/mol. The summed E-state index contributed by atoms with van der Waals surface area (Å²) in [6.07, 6.45) is 2.04. The molecule has 1 aliphatic rings. The predicted molar refractivity (Wildman–Crippen MR) is 75.1 cm³/mol. The molecule has 1 fully saturated rings. The molecule has 1 aromatic carbocycles. The maximum absolute atomic E-state index is 12.2. The van der Waals surface area contributed by atoms with Gasteiger partial charge in [0.1, 0.15) is 5.75 Å². The van der Waals surface area contributed by atoms with Gasteiger partial charge in [0.05, 0.1) is 19.1 Å². The minimum Gasteiger partial charge on any atom is -0.496 e. The fourth-order valence-corrected chi connectivity index (χ4v) is 2.51. The van der Waals surface area contributed by atoms with E-state index in [4.69, 9.17) is 4.74 Å². The minimum atomic E-state index is -0.0365. The summed E-state index contributed by atoms with van der Waals surface area (Å²) in [7, 11) is 1.65. The summed E-state index contributed by atoms with van der Waals surface area (Å²) in [5, 5.41) is 6.35. The highest BCUT2D eigenvalue weighted by atomic mass is 16.5. The number of rotatable bonds is 4. The minimum absolute atomic E-state index is 0.0365. The zero-order valence-electron chi connectivity index (χ0n) is 11.6. The molecule has 0 spiro atoms. The topological polar surface area (TPSA) is 50.4 Å². The number of benzene rings is 1. The molecule has 0 radical (unpaired) electrons. The summed E-state index contributed by atoms with van der Waals surface area (Å²) in [4.78, 5) is 12.2. The van der Waals surface area contributed by atoms with Crippen LogP contribution in [0.5, 0.6) is 5.75 Å². The van der Waals surface area contributed by atoms with Gasteiger partial charge in [-0.3, -0.25) is 4.79 Å². The standard InChI is InChI=1S/C15H22N2O2/c1-11(13-7-3-4-8-14(13)19-2)17-15(18)12-6-5-9-16-10-12/h3-4,7-8,11-12,16H,5-6,9-10H2,1-2H3,(H,17,18)/t11-,12?/m1/s1. The molecule has 1 saturated heterocycles. The van der Waals surface area contributed by atoms with Gasteiger partial charge < -0.3 is 15.4 Å². The van der Waals surface area contributed by atoms with E-state index >= 15 is 0 Å². The first-order valence-electron chi connectivity index (χ1n) is 6.86. The Labute approximate surface area is 114 Å². The van der Waals surface area contributed by atoms with Crippen molar-refractivity contribution in [2.45, 2.75) is 25.8 Å². The van der Waals surface area contributed by atoms with Crippen LogP contribution in [0.2, 0.25) is 0 Å². The lowest BCUT2D eigenvalue weighted by Gasteiger charge is -2.24. The van der Waals surface area contributed by atoms with Crippen molar-refractivity contribution >= 4 is 5.91 Å². The second-order valence-electron chi connectivity index (χ2n) is 5.02. The highest BCUT2D eigenvalue weighted by molar-refractivity contribution is 5.79. The first-order valence-corrected chi connectivity index (χ1v) is 6.86. The molecule has 104 valence electrons. The Kier molecular flexibility index (Phi) is 4.80. The van der Waals surface area contributed by atoms with Crippen LogP contribution >= 0.6 is 0 Å². The van der Waals surface area contributed by atoms with Crippen molar-refractivity contribution in [2.24, 2.45) is 5.92 Å². The number of carbonyl (C=O) groups is 1. The lowest BCUT2D eigenvalue weighted by molar-refractivity contribution is -0.126. The van der Waals surface area contributed by atoms with E-state index in [2.05, 4.69) is 10.6 Å². The molecule has 2 atom stereocenters. The molecule has 1 aliphatic heterocycles. The number of ether oxygens (including phenoxy) is 1. The number of carbonyl (C=O) groups excluding carboxylic acids is 1. The van der Waals surface area contributed by atoms with E-state index < -0.39 is 0 Å². The number of amides is 1. The maximum atomic E-state index is 12.2. The fourth-order valence-electron chi connectivity index (χ4n) is 2.51. The van der Waals surface area contributed by atoms with Gasteiger partial charge >= 0.3 is 0 Å². The van der Waals surface area contributed by atoms with Gasteiger partial charge in [-0.25, -0.2) is 0 Å². The molecule has 0 bridgehead atoms. The normalized spacial score (nSPS) is 20.6. The van der Waals surface area contributed by atoms with Crippen molar-refractivity contribution in [2.75, 3.05) is 20.2 Å². The summed E-state index contributed by atoms with van der Waals surface area (Å²) >= 11 is 0. The molecule has 19 heavy (non-hydrogen) atoms. The van der Waals surface area contributed by atoms with Gasteiger partial charge in [0.25, 0.3) is 0 Å². The Hall–Kier alpha value is -1.55. The largest absolute Gasteiger partial charge is 0.496 e. The number of para-hydroxylation sites is 1. The van der Waals surface area contributed by atoms with Gasteiger partial charge in [0.2, 0.25) is 5.91 Å².